The van der Waals surface area contributed by atoms with Crippen molar-refractivity contribution in [1.29, 1.82) is 0 Å². The molecule has 0 aliphatic heterocycles. The molecular weight excluding hydrogens is 329 g/mol. The van der Waals surface area contributed by atoms with Crippen LogP contribution in [-0.2, 0) is 10.0 Å². The van der Waals surface area contributed by atoms with Gasteiger partial charge in [0.05, 0.1) is 4.90 Å². The van der Waals surface area contributed by atoms with Gasteiger partial charge in [0, 0.05) is 6.54 Å². The van der Waals surface area contributed by atoms with Gasteiger partial charge in [-0.15, -0.1) is 0 Å². The molecule has 0 atom stereocenters. The van der Waals surface area contributed by atoms with Gasteiger partial charge in [-0.25, -0.2) is 17.5 Å². The van der Waals surface area contributed by atoms with Gasteiger partial charge in [-0.2, -0.15) is 0 Å². The van der Waals surface area contributed by atoms with Crippen molar-refractivity contribution in [2.45, 2.75) is 31.6 Å². The van der Waals surface area contributed by atoms with Crippen molar-refractivity contribution >= 4 is 10.0 Å². The van der Waals surface area contributed by atoms with E-state index in [0.717, 1.165) is 17.4 Å². The molecule has 6 heteroatoms. The Morgan fingerprint density at radius 1 is 1.17 bits per heavy atom. The first-order valence-electron chi connectivity index (χ1n) is 7.79. The van der Waals surface area contributed by atoms with Crippen LogP contribution in [0.25, 0.3) is 0 Å². The molecular formula is C18H22FNO3S. The molecule has 4 nitrogen and oxygen atoms in total. The summed E-state index contributed by atoms with van der Waals surface area (Å²) in [6.45, 7) is 6.05. The Morgan fingerprint density at radius 2 is 1.88 bits per heavy atom. The summed E-state index contributed by atoms with van der Waals surface area (Å²) >= 11 is 0. The Hall–Kier alpha value is -1.92. The van der Waals surface area contributed by atoms with Crippen molar-refractivity contribution < 1.29 is 17.5 Å². The molecule has 0 heterocycles. The lowest BCUT2D eigenvalue weighted by atomic mass is 10.0. The quantitative estimate of drug-likeness (QED) is 0.775. The van der Waals surface area contributed by atoms with Crippen LogP contribution in [0.3, 0.4) is 0 Å². The predicted molar refractivity (Wildman–Crippen MR) is 92.4 cm³/mol. The zero-order chi connectivity index (χ0) is 17.7. The number of hydrogen-bond acceptors (Lipinski definition) is 3. The molecule has 0 aromatic heterocycles. The van der Waals surface area contributed by atoms with Gasteiger partial charge in [0.15, 0.2) is 0 Å². The van der Waals surface area contributed by atoms with Crippen LogP contribution in [0.4, 0.5) is 4.39 Å². The molecule has 0 saturated heterocycles. The maximum Gasteiger partial charge on any atom is 0.240 e. The normalized spacial score (nSPS) is 11.7. The van der Waals surface area contributed by atoms with E-state index in [0.29, 0.717) is 11.5 Å². The van der Waals surface area contributed by atoms with Crippen molar-refractivity contribution in [2.75, 3.05) is 13.2 Å². The topological polar surface area (TPSA) is 55.4 Å². The van der Waals surface area contributed by atoms with Crippen molar-refractivity contribution in [3.8, 4) is 5.75 Å². The third-order valence-corrected chi connectivity index (χ3v) is 5.24. The maximum absolute atomic E-state index is 13.1. The number of para-hydroxylation sites is 1. The maximum atomic E-state index is 13.1. The first kappa shape index (κ1) is 18.4. The highest BCUT2D eigenvalue weighted by Gasteiger charge is 2.16. The Labute approximate surface area is 142 Å². The van der Waals surface area contributed by atoms with Crippen molar-refractivity contribution in [3.05, 3.63) is 59.4 Å². The third-order valence-electron chi connectivity index (χ3n) is 3.62. The van der Waals surface area contributed by atoms with E-state index < -0.39 is 15.8 Å². The lowest BCUT2D eigenvalue weighted by molar-refractivity contribution is 0.318. The van der Waals surface area contributed by atoms with Gasteiger partial charge in [0.2, 0.25) is 10.0 Å². The van der Waals surface area contributed by atoms with Crippen LogP contribution in [0.15, 0.2) is 47.4 Å². The lowest BCUT2D eigenvalue weighted by Gasteiger charge is -2.14. The second-order valence-corrected chi connectivity index (χ2v) is 7.58. The molecule has 0 radical (unpaired) electrons. The van der Waals surface area contributed by atoms with Crippen molar-refractivity contribution in [1.82, 2.24) is 4.72 Å². The van der Waals surface area contributed by atoms with Crippen molar-refractivity contribution in [2.24, 2.45) is 0 Å². The number of sulfonamides is 1. The van der Waals surface area contributed by atoms with Crippen LogP contribution in [0.5, 0.6) is 5.75 Å². The standard InChI is InChI=1S/C18H22FNO3S/c1-13(2)16-6-4-5-7-17(16)23-11-10-20-24(21,22)18-9-8-15(19)12-14(18)3/h4-9,12-13,20H,10-11H2,1-3H3. The van der Waals surface area contributed by atoms with Crippen LogP contribution < -0.4 is 9.46 Å². The van der Waals surface area contributed by atoms with E-state index in [4.69, 9.17) is 4.74 Å². The van der Waals surface area contributed by atoms with E-state index in [-0.39, 0.29) is 18.0 Å². The van der Waals surface area contributed by atoms with E-state index in [1.165, 1.54) is 12.1 Å². The molecule has 0 spiro atoms. The van der Waals surface area contributed by atoms with E-state index in [1.54, 1.807) is 6.92 Å². The van der Waals surface area contributed by atoms with E-state index in [2.05, 4.69) is 18.6 Å². The number of benzene rings is 2. The Balaban J connectivity index is 1.97. The fraction of sp³-hybridized carbons (Fsp3) is 0.333. The number of ether oxygens (including phenoxy) is 1. The minimum absolute atomic E-state index is 0.0754. The predicted octanol–water partition coefficient (Wildman–Crippen LogP) is 3.61. The third kappa shape index (κ3) is 4.55. The number of rotatable bonds is 7. The minimum atomic E-state index is -3.69. The largest absolute Gasteiger partial charge is 0.492 e. The van der Waals surface area contributed by atoms with Crippen LogP contribution in [0.1, 0.15) is 30.9 Å². The second kappa shape index (κ2) is 7.77. The summed E-state index contributed by atoms with van der Waals surface area (Å²) < 4.78 is 45.8. The number of halogens is 1. The van der Waals surface area contributed by atoms with Crippen molar-refractivity contribution in [3.63, 3.8) is 0 Å². The van der Waals surface area contributed by atoms with Gasteiger partial charge in [0.1, 0.15) is 18.2 Å². The Bertz CT molecular complexity index is 804. The molecule has 1 N–H and O–H groups in total. The van der Waals surface area contributed by atoms with Gasteiger partial charge < -0.3 is 4.74 Å². The van der Waals surface area contributed by atoms with E-state index in [1.807, 2.05) is 24.3 Å². The number of hydrogen-bond donors (Lipinski definition) is 1. The zero-order valence-electron chi connectivity index (χ0n) is 14.0. The highest BCUT2D eigenvalue weighted by molar-refractivity contribution is 7.89. The molecule has 0 unspecified atom stereocenters. The highest BCUT2D eigenvalue weighted by atomic mass is 32.2. The van der Waals surface area contributed by atoms with Crippen LogP contribution in [-0.4, -0.2) is 21.6 Å². The molecule has 2 aromatic carbocycles. The summed E-state index contributed by atoms with van der Waals surface area (Å²) in [5, 5.41) is 0. The van der Waals surface area contributed by atoms with Gasteiger partial charge in [0.25, 0.3) is 0 Å². The zero-order valence-corrected chi connectivity index (χ0v) is 14.9. The fourth-order valence-electron chi connectivity index (χ4n) is 2.42. The van der Waals surface area contributed by atoms with Crippen LogP contribution in [0.2, 0.25) is 0 Å². The molecule has 0 bridgehead atoms. The fourth-order valence-corrected chi connectivity index (χ4v) is 3.66. The summed E-state index contributed by atoms with van der Waals surface area (Å²) in [5.74, 6) is 0.615. The number of aryl methyl sites for hydroxylation is 1. The van der Waals surface area contributed by atoms with E-state index >= 15 is 0 Å². The molecule has 2 rings (SSSR count). The number of nitrogens with one attached hydrogen (secondary N) is 1. The lowest BCUT2D eigenvalue weighted by Crippen LogP contribution is -2.29. The van der Waals surface area contributed by atoms with E-state index in [9.17, 15) is 12.8 Å². The van der Waals surface area contributed by atoms with Crippen LogP contribution >= 0.6 is 0 Å². The average molecular weight is 351 g/mol. The highest BCUT2D eigenvalue weighted by Crippen LogP contribution is 2.25. The summed E-state index contributed by atoms with van der Waals surface area (Å²) in [6.07, 6.45) is 0. The summed E-state index contributed by atoms with van der Waals surface area (Å²) in [7, 11) is -3.69. The Kier molecular flexibility index (Phi) is 5.96. The first-order chi connectivity index (χ1) is 11.3. The molecule has 24 heavy (non-hydrogen) atoms. The smallest absolute Gasteiger partial charge is 0.240 e. The molecule has 0 fully saturated rings. The van der Waals surface area contributed by atoms with Crippen LogP contribution in [0, 0.1) is 12.7 Å². The Morgan fingerprint density at radius 3 is 2.54 bits per heavy atom. The minimum Gasteiger partial charge on any atom is -0.492 e. The SMILES string of the molecule is Cc1cc(F)ccc1S(=O)(=O)NCCOc1ccccc1C(C)C. The summed E-state index contributed by atoms with van der Waals surface area (Å²) in [4.78, 5) is 0.0754. The van der Waals surface area contributed by atoms with Gasteiger partial charge >= 0.3 is 0 Å². The second-order valence-electron chi connectivity index (χ2n) is 5.85. The average Bonchev–Trinajstić information content (AvgIpc) is 2.51. The van der Waals surface area contributed by atoms with Gasteiger partial charge in [-0.3, -0.25) is 0 Å². The van der Waals surface area contributed by atoms with Gasteiger partial charge in [-0.1, -0.05) is 32.0 Å². The molecule has 0 aliphatic rings. The summed E-state index contributed by atoms with van der Waals surface area (Å²) in [6, 6.07) is 11.3. The molecule has 130 valence electrons. The van der Waals surface area contributed by atoms with Gasteiger partial charge in [-0.05, 0) is 48.2 Å². The monoisotopic (exact) mass is 351 g/mol. The molecule has 0 saturated carbocycles. The molecule has 0 amide bonds. The summed E-state index contributed by atoms with van der Waals surface area (Å²) in [5.41, 5.74) is 1.45. The molecule has 2 aromatic rings. The first-order valence-corrected chi connectivity index (χ1v) is 9.27. The molecule has 0 aliphatic carbocycles.